The molecule has 6 nitrogen and oxygen atoms in total. The van der Waals surface area contributed by atoms with E-state index in [4.69, 9.17) is 0 Å². The molecule has 0 saturated carbocycles. The second-order valence-corrected chi connectivity index (χ2v) is 5.77. The average molecular weight is 229 g/mol. The molecule has 15 heavy (non-hydrogen) atoms. The summed E-state index contributed by atoms with van der Waals surface area (Å²) in [6, 6.07) is -0.272. The molecule has 7 heteroatoms. The molecule has 1 aromatic rings. The molecule has 1 unspecified atom stereocenters. The van der Waals surface area contributed by atoms with Crippen molar-refractivity contribution in [3.63, 3.8) is 0 Å². The number of aromatic nitrogens is 2. The first-order valence-corrected chi connectivity index (χ1v) is 6.39. The third kappa shape index (κ3) is 2.35. The fourth-order valence-electron chi connectivity index (χ4n) is 1.55. The van der Waals surface area contributed by atoms with E-state index >= 15 is 0 Å². The van der Waals surface area contributed by atoms with Gasteiger partial charge >= 0.3 is 0 Å². The number of hydrogen-bond donors (Lipinski definition) is 2. The first-order valence-electron chi connectivity index (χ1n) is 4.56. The van der Waals surface area contributed by atoms with Gasteiger partial charge in [0.15, 0.2) is 9.84 Å². The van der Waals surface area contributed by atoms with Gasteiger partial charge in [-0.05, 0) is 6.42 Å². The fraction of sp³-hybridized carbons (Fsp3) is 0.500. The molecule has 0 bridgehead atoms. The molecule has 1 atom stereocenters. The number of carbonyl (C=O) groups excluding carboxylic acids is 1. The first-order chi connectivity index (χ1) is 7.07. The van der Waals surface area contributed by atoms with Crippen molar-refractivity contribution in [2.75, 3.05) is 11.5 Å². The van der Waals surface area contributed by atoms with E-state index in [0.717, 1.165) is 0 Å². The number of hydrogen-bond acceptors (Lipinski definition) is 4. The van der Waals surface area contributed by atoms with E-state index in [0.29, 0.717) is 12.1 Å². The van der Waals surface area contributed by atoms with Crippen LogP contribution in [0.1, 0.15) is 16.9 Å². The lowest BCUT2D eigenvalue weighted by atomic mass is 10.2. The van der Waals surface area contributed by atoms with E-state index in [9.17, 15) is 13.2 Å². The van der Waals surface area contributed by atoms with Gasteiger partial charge in [-0.15, -0.1) is 0 Å². The maximum Gasteiger partial charge on any atom is 0.269 e. The number of amides is 1. The number of nitrogens with zero attached hydrogens (tertiary/aromatic N) is 1. The number of imidazole rings is 1. The van der Waals surface area contributed by atoms with Gasteiger partial charge in [0.25, 0.3) is 5.91 Å². The molecule has 1 fully saturated rings. The number of aromatic amines is 1. The van der Waals surface area contributed by atoms with Crippen LogP contribution in [0, 0.1) is 0 Å². The van der Waals surface area contributed by atoms with E-state index in [1.807, 2.05) is 0 Å². The lowest BCUT2D eigenvalue weighted by Crippen LogP contribution is -2.35. The highest BCUT2D eigenvalue weighted by Gasteiger charge is 2.29. The van der Waals surface area contributed by atoms with Crippen LogP contribution in [0.4, 0.5) is 0 Å². The lowest BCUT2D eigenvalue weighted by molar-refractivity contribution is 0.0936. The van der Waals surface area contributed by atoms with Gasteiger partial charge in [0.05, 0.1) is 24.0 Å². The molecule has 0 spiro atoms. The average Bonchev–Trinajstić information content (AvgIpc) is 2.74. The van der Waals surface area contributed by atoms with Gasteiger partial charge < -0.3 is 10.3 Å². The van der Waals surface area contributed by atoms with E-state index < -0.39 is 9.84 Å². The molecule has 1 aromatic heterocycles. The molecule has 82 valence electrons. The predicted molar refractivity (Wildman–Crippen MR) is 53.1 cm³/mol. The molecule has 2 rings (SSSR count). The molecule has 0 aromatic carbocycles. The van der Waals surface area contributed by atoms with Crippen molar-refractivity contribution in [1.82, 2.24) is 15.3 Å². The molecule has 2 heterocycles. The fourth-order valence-corrected chi connectivity index (χ4v) is 3.23. The Kier molecular flexibility index (Phi) is 2.47. The van der Waals surface area contributed by atoms with Crippen molar-refractivity contribution in [3.05, 3.63) is 18.2 Å². The van der Waals surface area contributed by atoms with E-state index in [-0.39, 0.29) is 23.5 Å². The highest BCUT2D eigenvalue weighted by Crippen LogP contribution is 2.11. The van der Waals surface area contributed by atoms with Crippen LogP contribution >= 0.6 is 0 Å². The minimum Gasteiger partial charge on any atom is -0.347 e. The van der Waals surface area contributed by atoms with Crippen LogP contribution in [0.3, 0.4) is 0 Å². The SMILES string of the molecule is O=C(NC1CCS(=O)(=O)C1)c1cnc[nH]1. The van der Waals surface area contributed by atoms with Crippen molar-refractivity contribution >= 4 is 15.7 Å². The normalized spacial score (nSPS) is 23.9. The van der Waals surface area contributed by atoms with Crippen LogP contribution in [0.5, 0.6) is 0 Å². The van der Waals surface area contributed by atoms with Crippen LogP contribution in [0.2, 0.25) is 0 Å². The highest BCUT2D eigenvalue weighted by atomic mass is 32.2. The van der Waals surface area contributed by atoms with Crippen LogP contribution in [-0.2, 0) is 9.84 Å². The summed E-state index contributed by atoms with van der Waals surface area (Å²) in [5, 5.41) is 2.65. The lowest BCUT2D eigenvalue weighted by Gasteiger charge is -2.08. The molecular formula is C8H11N3O3S. The first kappa shape index (κ1) is 10.2. The van der Waals surface area contributed by atoms with Crippen molar-refractivity contribution in [3.8, 4) is 0 Å². The predicted octanol–water partition coefficient (Wildman–Crippen LogP) is -0.673. The molecule has 0 aliphatic carbocycles. The Morgan fingerprint density at radius 1 is 1.60 bits per heavy atom. The van der Waals surface area contributed by atoms with Gasteiger partial charge in [-0.1, -0.05) is 0 Å². The van der Waals surface area contributed by atoms with Crippen molar-refractivity contribution < 1.29 is 13.2 Å². The van der Waals surface area contributed by atoms with Crippen LogP contribution in [-0.4, -0.2) is 41.8 Å². The zero-order valence-electron chi connectivity index (χ0n) is 7.93. The quantitative estimate of drug-likeness (QED) is 0.703. The van der Waals surface area contributed by atoms with Crippen LogP contribution in [0.25, 0.3) is 0 Å². The standard InChI is InChI=1S/C8H11N3O3S/c12-8(7-3-9-5-10-7)11-6-1-2-15(13,14)4-6/h3,5-6H,1-2,4H2,(H,9,10)(H,11,12). The largest absolute Gasteiger partial charge is 0.347 e. The number of sulfone groups is 1. The number of nitrogens with one attached hydrogen (secondary N) is 2. The Balaban J connectivity index is 1.97. The summed E-state index contributed by atoms with van der Waals surface area (Å²) in [6.45, 7) is 0. The van der Waals surface area contributed by atoms with Crippen molar-refractivity contribution in [1.29, 1.82) is 0 Å². The van der Waals surface area contributed by atoms with Gasteiger partial charge in [0.1, 0.15) is 5.69 Å². The van der Waals surface area contributed by atoms with E-state index in [2.05, 4.69) is 15.3 Å². The minimum absolute atomic E-state index is 0.0346. The Morgan fingerprint density at radius 3 is 2.93 bits per heavy atom. The number of rotatable bonds is 2. The molecule has 1 aliphatic heterocycles. The molecule has 0 radical (unpaired) electrons. The minimum atomic E-state index is -2.95. The van der Waals surface area contributed by atoms with Crippen LogP contribution < -0.4 is 5.32 Å². The summed E-state index contributed by atoms with van der Waals surface area (Å²) < 4.78 is 22.3. The van der Waals surface area contributed by atoms with Crippen molar-refractivity contribution in [2.24, 2.45) is 0 Å². The molecule has 1 aliphatic rings. The van der Waals surface area contributed by atoms with E-state index in [1.165, 1.54) is 12.5 Å². The highest BCUT2D eigenvalue weighted by molar-refractivity contribution is 7.91. The molecule has 1 saturated heterocycles. The van der Waals surface area contributed by atoms with Gasteiger partial charge in [0, 0.05) is 6.04 Å². The van der Waals surface area contributed by atoms with Gasteiger partial charge in [0.2, 0.25) is 0 Å². The van der Waals surface area contributed by atoms with Gasteiger partial charge in [-0.2, -0.15) is 0 Å². The molecule has 1 amide bonds. The second kappa shape index (κ2) is 3.65. The van der Waals surface area contributed by atoms with Gasteiger partial charge in [-0.3, -0.25) is 4.79 Å². The maximum atomic E-state index is 11.5. The van der Waals surface area contributed by atoms with Crippen LogP contribution in [0.15, 0.2) is 12.5 Å². The monoisotopic (exact) mass is 229 g/mol. The maximum absolute atomic E-state index is 11.5. The second-order valence-electron chi connectivity index (χ2n) is 3.54. The summed E-state index contributed by atoms with van der Waals surface area (Å²) in [7, 11) is -2.95. The number of H-pyrrole nitrogens is 1. The summed E-state index contributed by atoms with van der Waals surface area (Å²) >= 11 is 0. The van der Waals surface area contributed by atoms with Gasteiger partial charge in [-0.25, -0.2) is 13.4 Å². The third-order valence-corrected chi connectivity index (χ3v) is 4.08. The molecular weight excluding hydrogens is 218 g/mol. The Morgan fingerprint density at radius 2 is 2.40 bits per heavy atom. The Labute approximate surface area is 87.0 Å². The number of carbonyl (C=O) groups is 1. The van der Waals surface area contributed by atoms with E-state index in [1.54, 1.807) is 0 Å². The Bertz CT molecular complexity index is 451. The third-order valence-electron chi connectivity index (χ3n) is 2.31. The zero-order valence-corrected chi connectivity index (χ0v) is 8.75. The zero-order chi connectivity index (χ0) is 10.9. The summed E-state index contributed by atoms with van der Waals surface area (Å²) in [5.41, 5.74) is 0.347. The summed E-state index contributed by atoms with van der Waals surface area (Å²) in [4.78, 5) is 17.9. The molecule has 2 N–H and O–H groups in total. The topological polar surface area (TPSA) is 91.9 Å². The summed E-state index contributed by atoms with van der Waals surface area (Å²) in [5.74, 6) is -0.122. The smallest absolute Gasteiger partial charge is 0.269 e. The summed E-state index contributed by atoms with van der Waals surface area (Å²) in [6.07, 6.45) is 3.29. The van der Waals surface area contributed by atoms with Crippen molar-refractivity contribution in [2.45, 2.75) is 12.5 Å². The Hall–Kier alpha value is -1.37.